The van der Waals surface area contributed by atoms with Gasteiger partial charge < -0.3 is 14.9 Å². The van der Waals surface area contributed by atoms with E-state index >= 15 is 0 Å². The zero-order valence-corrected chi connectivity index (χ0v) is 8.64. The van der Waals surface area contributed by atoms with E-state index in [-0.39, 0.29) is 0 Å². The average Bonchev–Trinajstić information content (AvgIpc) is 2.28. The Bertz CT molecular complexity index is 187. The molecule has 12 heavy (non-hydrogen) atoms. The van der Waals surface area contributed by atoms with Crippen molar-refractivity contribution in [1.82, 2.24) is 0 Å². The third-order valence-electron chi connectivity index (χ3n) is 1.96. The summed E-state index contributed by atoms with van der Waals surface area (Å²) in [5.74, 6) is 0. The molecular formula is C7H10BIO3. The van der Waals surface area contributed by atoms with Gasteiger partial charge in [0.25, 0.3) is 0 Å². The molecule has 0 aromatic heterocycles. The van der Waals surface area contributed by atoms with Crippen molar-refractivity contribution in [3.05, 3.63) is 12.3 Å². The maximum Gasteiger partial charge on any atom is 0.123 e. The van der Waals surface area contributed by atoms with Crippen LogP contribution in [0.25, 0.3) is 0 Å². The second kappa shape index (κ2) is 3.98. The van der Waals surface area contributed by atoms with Crippen LogP contribution in [0.2, 0.25) is 0 Å². The van der Waals surface area contributed by atoms with E-state index in [4.69, 9.17) is 17.7 Å². The monoisotopic (exact) mass is 280 g/mol. The number of aliphatic hydroxyl groups excluding tert-OH is 2. The van der Waals surface area contributed by atoms with Crippen LogP contribution < -0.4 is 0 Å². The van der Waals surface area contributed by atoms with Gasteiger partial charge in [-0.1, -0.05) is 22.6 Å². The average molecular weight is 280 g/mol. The van der Waals surface area contributed by atoms with Gasteiger partial charge in [-0.25, -0.2) is 0 Å². The van der Waals surface area contributed by atoms with Gasteiger partial charge in [0.2, 0.25) is 0 Å². The number of ether oxygens (including phenoxy) is 1. The fraction of sp³-hybridized carbons (Fsp3) is 0.714. The summed E-state index contributed by atoms with van der Waals surface area (Å²) in [4.78, 5) is 0. The molecular weight excluding hydrogens is 270 g/mol. The number of rotatable bonds is 2. The van der Waals surface area contributed by atoms with Crippen molar-refractivity contribution < 1.29 is 14.9 Å². The van der Waals surface area contributed by atoms with Gasteiger partial charge in [-0.3, -0.25) is 0 Å². The molecule has 1 aliphatic rings. The van der Waals surface area contributed by atoms with Crippen LogP contribution in [0.4, 0.5) is 0 Å². The molecule has 3 nitrogen and oxygen atoms in total. The van der Waals surface area contributed by atoms with Gasteiger partial charge in [0.15, 0.2) is 0 Å². The maximum absolute atomic E-state index is 9.57. The van der Waals surface area contributed by atoms with Crippen LogP contribution in [0, 0.1) is 0 Å². The summed E-state index contributed by atoms with van der Waals surface area (Å²) < 4.78 is 5.89. The predicted molar refractivity (Wildman–Crippen MR) is 54.6 cm³/mol. The number of alkyl halides is 1. The zero-order chi connectivity index (χ0) is 9.19. The lowest BCUT2D eigenvalue weighted by atomic mass is 9.93. The highest BCUT2D eigenvalue weighted by Crippen LogP contribution is 2.32. The molecule has 1 unspecified atom stereocenters. The topological polar surface area (TPSA) is 49.7 Å². The van der Waals surface area contributed by atoms with Gasteiger partial charge in [-0.05, 0) is 12.5 Å². The molecule has 0 bridgehead atoms. The van der Waals surface area contributed by atoms with Crippen molar-refractivity contribution in [1.29, 1.82) is 0 Å². The number of hydrogen-bond donors (Lipinski definition) is 2. The second-order valence-corrected chi connectivity index (χ2v) is 3.57. The first kappa shape index (κ1) is 10.3. The van der Waals surface area contributed by atoms with Crippen LogP contribution in [0.1, 0.15) is 6.42 Å². The summed E-state index contributed by atoms with van der Waals surface area (Å²) in [6, 6.07) is -0.439. The maximum atomic E-state index is 9.57. The minimum Gasteiger partial charge on any atom is -0.516 e. The highest BCUT2D eigenvalue weighted by Gasteiger charge is 2.43. The first-order chi connectivity index (χ1) is 5.64. The predicted octanol–water partition coefficient (Wildman–Crippen LogP) is 0.508. The van der Waals surface area contributed by atoms with Gasteiger partial charge in [-0.2, -0.15) is 0 Å². The molecule has 1 rings (SSSR count). The highest BCUT2D eigenvalue weighted by atomic mass is 127. The summed E-state index contributed by atoms with van der Waals surface area (Å²) >= 11 is 2.09. The summed E-state index contributed by atoms with van der Waals surface area (Å²) in [7, 11) is 5.51. The van der Waals surface area contributed by atoms with Crippen molar-refractivity contribution in [3.63, 3.8) is 0 Å². The molecule has 0 amide bonds. The lowest BCUT2D eigenvalue weighted by molar-refractivity contribution is -0.0105. The third-order valence-corrected chi connectivity index (χ3v) is 3.15. The Balaban J connectivity index is 2.78. The molecule has 1 fully saturated rings. The molecule has 1 aliphatic heterocycles. The molecule has 0 aromatic rings. The number of halogens is 1. The van der Waals surface area contributed by atoms with E-state index in [2.05, 4.69) is 22.6 Å². The SMILES string of the molecule is [B][C@H]1CC(O)[C@@](/C=C\O)(CI)O1. The molecule has 3 atom stereocenters. The Morgan fingerprint density at radius 3 is 2.75 bits per heavy atom. The molecule has 5 heteroatoms. The molecule has 0 spiro atoms. The van der Waals surface area contributed by atoms with Gasteiger partial charge in [0, 0.05) is 10.4 Å². The van der Waals surface area contributed by atoms with Crippen LogP contribution >= 0.6 is 22.6 Å². The van der Waals surface area contributed by atoms with E-state index in [9.17, 15) is 5.11 Å². The van der Waals surface area contributed by atoms with E-state index < -0.39 is 17.7 Å². The second-order valence-electron chi connectivity index (χ2n) is 2.81. The van der Waals surface area contributed by atoms with Crippen molar-refractivity contribution >= 4 is 30.4 Å². The van der Waals surface area contributed by atoms with Gasteiger partial charge >= 0.3 is 0 Å². The van der Waals surface area contributed by atoms with E-state index in [0.29, 0.717) is 10.8 Å². The van der Waals surface area contributed by atoms with Crippen molar-refractivity contribution in [2.24, 2.45) is 0 Å². The molecule has 1 heterocycles. The summed E-state index contributed by atoms with van der Waals surface area (Å²) in [6.07, 6.45) is 2.11. The molecule has 0 aromatic carbocycles. The summed E-state index contributed by atoms with van der Waals surface area (Å²) in [6.45, 7) is 0. The Morgan fingerprint density at radius 2 is 2.42 bits per heavy atom. The van der Waals surface area contributed by atoms with Gasteiger partial charge in [0.05, 0.1) is 12.4 Å². The van der Waals surface area contributed by atoms with Gasteiger partial charge in [0.1, 0.15) is 13.4 Å². The van der Waals surface area contributed by atoms with Crippen LogP contribution in [-0.4, -0.2) is 40.2 Å². The van der Waals surface area contributed by atoms with Crippen LogP contribution in [-0.2, 0) is 4.74 Å². The van der Waals surface area contributed by atoms with Crippen LogP contribution in [0.3, 0.4) is 0 Å². The fourth-order valence-electron chi connectivity index (χ4n) is 1.27. The molecule has 0 aliphatic carbocycles. The Morgan fingerprint density at radius 1 is 1.75 bits per heavy atom. The number of aliphatic hydroxyl groups is 2. The molecule has 2 radical (unpaired) electrons. The molecule has 2 N–H and O–H groups in total. The van der Waals surface area contributed by atoms with E-state index in [1.54, 1.807) is 0 Å². The minimum absolute atomic E-state index is 0.410. The van der Waals surface area contributed by atoms with Gasteiger partial charge in [-0.15, -0.1) is 0 Å². The van der Waals surface area contributed by atoms with Crippen LogP contribution in [0.15, 0.2) is 12.3 Å². The molecule has 0 saturated carbocycles. The standard InChI is InChI=1S/C7H10BIO3/c8-6-3-5(11)7(4-9,12-6)1-2-10/h1-2,5-6,10-11H,3-4H2/b2-1-/t5?,6-,7-/m1/s1. The first-order valence-electron chi connectivity index (χ1n) is 3.64. The van der Waals surface area contributed by atoms with Crippen molar-refractivity contribution in [2.75, 3.05) is 4.43 Å². The Kier molecular flexibility index (Phi) is 3.42. The van der Waals surface area contributed by atoms with Crippen molar-refractivity contribution in [2.45, 2.75) is 24.1 Å². The fourth-order valence-corrected chi connectivity index (χ4v) is 2.21. The lowest BCUT2D eigenvalue weighted by Gasteiger charge is -2.25. The van der Waals surface area contributed by atoms with E-state index in [1.165, 1.54) is 6.08 Å². The lowest BCUT2D eigenvalue weighted by Crippen LogP contribution is -2.39. The molecule has 66 valence electrons. The largest absolute Gasteiger partial charge is 0.516 e. The van der Waals surface area contributed by atoms with Crippen LogP contribution in [0.5, 0.6) is 0 Å². The minimum atomic E-state index is -0.797. The zero-order valence-electron chi connectivity index (χ0n) is 6.48. The smallest absolute Gasteiger partial charge is 0.123 e. The van der Waals surface area contributed by atoms with E-state index in [0.717, 1.165) is 6.26 Å². The summed E-state index contributed by atoms with van der Waals surface area (Å²) in [5.41, 5.74) is -0.797. The normalized spacial score (nSPS) is 42.5. The number of hydrogen-bond acceptors (Lipinski definition) is 3. The quantitative estimate of drug-likeness (QED) is 0.335. The Labute approximate surface area is 86.3 Å². The van der Waals surface area contributed by atoms with Crippen molar-refractivity contribution in [3.8, 4) is 0 Å². The van der Waals surface area contributed by atoms with E-state index in [1.807, 2.05) is 0 Å². The molecule has 1 saturated heterocycles. The third kappa shape index (κ3) is 1.77. The summed E-state index contributed by atoms with van der Waals surface area (Å²) in [5, 5.41) is 18.2. The highest BCUT2D eigenvalue weighted by molar-refractivity contribution is 14.1. The first-order valence-corrected chi connectivity index (χ1v) is 5.16. The Hall–Kier alpha value is 0.255.